The molecule has 1 aliphatic heterocycles. The van der Waals surface area contributed by atoms with E-state index in [0.717, 1.165) is 28.1 Å². The van der Waals surface area contributed by atoms with Gasteiger partial charge >= 0.3 is 5.97 Å². The van der Waals surface area contributed by atoms with Gasteiger partial charge in [-0.25, -0.2) is 4.79 Å². The molecule has 2 aromatic rings. The van der Waals surface area contributed by atoms with Gasteiger partial charge in [0.2, 0.25) is 5.91 Å². The monoisotopic (exact) mass is 337 g/mol. The van der Waals surface area contributed by atoms with Crippen molar-refractivity contribution >= 4 is 23.6 Å². The van der Waals surface area contributed by atoms with Crippen LogP contribution in [0, 0.1) is 0 Å². The zero-order valence-corrected chi connectivity index (χ0v) is 14.2. The first kappa shape index (κ1) is 16.8. The fourth-order valence-electron chi connectivity index (χ4n) is 2.83. The molecule has 0 saturated heterocycles. The first-order valence-corrected chi connectivity index (χ1v) is 7.93. The molecule has 0 unspecified atom stereocenters. The van der Waals surface area contributed by atoms with E-state index in [2.05, 4.69) is 4.74 Å². The molecular formula is C20H19NO4. The third-order valence-electron chi connectivity index (χ3n) is 4.15. The standard InChI is InChI=1S/C20H19NO4/c1-24-17-7-3-15(4-8-17)13-21-18-9-5-14(6-10-20(23)25-2)11-16(18)12-19(21)22/h3-11H,12-13H2,1-2H3/b10-6+. The van der Waals surface area contributed by atoms with Crippen molar-refractivity contribution in [2.24, 2.45) is 0 Å². The molecule has 2 aromatic carbocycles. The van der Waals surface area contributed by atoms with Crippen LogP contribution in [0.15, 0.2) is 48.5 Å². The summed E-state index contributed by atoms with van der Waals surface area (Å²) in [4.78, 5) is 25.4. The highest BCUT2D eigenvalue weighted by Gasteiger charge is 2.27. The third-order valence-corrected chi connectivity index (χ3v) is 4.15. The number of anilines is 1. The Hall–Kier alpha value is -3.08. The highest BCUT2D eigenvalue weighted by Crippen LogP contribution is 2.31. The Morgan fingerprint density at radius 2 is 1.92 bits per heavy atom. The topological polar surface area (TPSA) is 55.8 Å². The molecule has 0 aliphatic carbocycles. The second-order valence-corrected chi connectivity index (χ2v) is 5.75. The van der Waals surface area contributed by atoms with Crippen LogP contribution < -0.4 is 9.64 Å². The molecule has 0 N–H and O–H groups in total. The Bertz CT molecular complexity index is 824. The minimum absolute atomic E-state index is 0.0694. The second-order valence-electron chi connectivity index (χ2n) is 5.75. The summed E-state index contributed by atoms with van der Waals surface area (Å²) in [5.74, 6) is 0.455. The summed E-state index contributed by atoms with van der Waals surface area (Å²) in [5.41, 5.74) is 3.78. The lowest BCUT2D eigenvalue weighted by Gasteiger charge is -2.18. The molecule has 5 nitrogen and oxygen atoms in total. The van der Waals surface area contributed by atoms with Gasteiger partial charge in [0.05, 0.1) is 27.2 Å². The highest BCUT2D eigenvalue weighted by molar-refractivity contribution is 6.01. The average molecular weight is 337 g/mol. The fraction of sp³-hybridized carbons (Fsp3) is 0.200. The molecule has 0 aromatic heterocycles. The van der Waals surface area contributed by atoms with E-state index < -0.39 is 5.97 Å². The smallest absolute Gasteiger partial charge is 0.330 e. The summed E-state index contributed by atoms with van der Waals surface area (Å²) in [5, 5.41) is 0. The maximum atomic E-state index is 12.4. The maximum absolute atomic E-state index is 12.4. The predicted molar refractivity (Wildman–Crippen MR) is 95.4 cm³/mol. The number of hydrogen-bond acceptors (Lipinski definition) is 4. The van der Waals surface area contributed by atoms with Crippen LogP contribution in [0.3, 0.4) is 0 Å². The molecular weight excluding hydrogens is 318 g/mol. The SMILES string of the molecule is COC(=O)/C=C/c1ccc2c(c1)CC(=O)N2Cc1ccc(OC)cc1. The van der Waals surface area contributed by atoms with Crippen LogP contribution in [0.1, 0.15) is 16.7 Å². The number of nitrogens with zero attached hydrogens (tertiary/aromatic N) is 1. The van der Waals surface area contributed by atoms with Gasteiger partial charge in [0.15, 0.2) is 0 Å². The second kappa shape index (κ2) is 7.21. The van der Waals surface area contributed by atoms with Gasteiger partial charge < -0.3 is 14.4 Å². The van der Waals surface area contributed by atoms with Crippen molar-refractivity contribution in [3.8, 4) is 5.75 Å². The van der Waals surface area contributed by atoms with E-state index in [9.17, 15) is 9.59 Å². The first-order valence-electron chi connectivity index (χ1n) is 7.93. The lowest BCUT2D eigenvalue weighted by Crippen LogP contribution is -2.25. The van der Waals surface area contributed by atoms with Gasteiger partial charge in [-0.1, -0.05) is 18.2 Å². The Morgan fingerprint density at radius 1 is 1.16 bits per heavy atom. The summed E-state index contributed by atoms with van der Waals surface area (Å²) in [7, 11) is 2.96. The number of amides is 1. The molecule has 25 heavy (non-hydrogen) atoms. The molecule has 0 fully saturated rings. The summed E-state index contributed by atoms with van der Waals surface area (Å²) in [6, 6.07) is 13.4. The van der Waals surface area contributed by atoms with Crippen LogP contribution in [0.2, 0.25) is 0 Å². The van der Waals surface area contributed by atoms with Crippen LogP contribution >= 0.6 is 0 Å². The normalized spacial score (nSPS) is 13.2. The zero-order chi connectivity index (χ0) is 17.8. The highest BCUT2D eigenvalue weighted by atomic mass is 16.5. The van der Waals surface area contributed by atoms with E-state index in [1.165, 1.54) is 13.2 Å². The molecule has 0 bridgehead atoms. The molecule has 0 spiro atoms. The number of carbonyl (C=O) groups excluding carboxylic acids is 2. The molecule has 1 aliphatic rings. The van der Waals surface area contributed by atoms with E-state index in [-0.39, 0.29) is 5.91 Å². The Morgan fingerprint density at radius 3 is 2.60 bits per heavy atom. The van der Waals surface area contributed by atoms with Crippen LogP contribution in [0.25, 0.3) is 6.08 Å². The number of esters is 1. The summed E-state index contributed by atoms with van der Waals surface area (Å²) in [6.45, 7) is 0.521. The molecule has 3 rings (SSSR count). The minimum Gasteiger partial charge on any atom is -0.497 e. The van der Waals surface area contributed by atoms with E-state index in [1.54, 1.807) is 18.1 Å². The van der Waals surface area contributed by atoms with Crippen LogP contribution in [0.5, 0.6) is 5.75 Å². The van der Waals surface area contributed by atoms with Crippen molar-refractivity contribution in [1.29, 1.82) is 0 Å². The van der Waals surface area contributed by atoms with E-state index in [0.29, 0.717) is 13.0 Å². The van der Waals surface area contributed by atoms with Crippen molar-refractivity contribution in [3.63, 3.8) is 0 Å². The van der Waals surface area contributed by atoms with Crippen LogP contribution in [-0.2, 0) is 27.3 Å². The van der Waals surface area contributed by atoms with Crippen molar-refractivity contribution in [1.82, 2.24) is 0 Å². The van der Waals surface area contributed by atoms with Crippen LogP contribution in [0.4, 0.5) is 5.69 Å². The Balaban J connectivity index is 1.79. The molecule has 1 heterocycles. The van der Waals surface area contributed by atoms with Gasteiger partial charge in [0.25, 0.3) is 0 Å². The molecule has 128 valence electrons. The van der Waals surface area contributed by atoms with Gasteiger partial charge in [-0.15, -0.1) is 0 Å². The van der Waals surface area contributed by atoms with Gasteiger partial charge in [0, 0.05) is 11.8 Å². The number of fused-ring (bicyclic) bond motifs is 1. The lowest BCUT2D eigenvalue weighted by atomic mass is 10.1. The molecule has 0 radical (unpaired) electrons. The van der Waals surface area contributed by atoms with Crippen molar-refractivity contribution < 1.29 is 19.1 Å². The van der Waals surface area contributed by atoms with Gasteiger partial charge in [-0.05, 0) is 47.0 Å². The molecule has 0 saturated carbocycles. The van der Waals surface area contributed by atoms with Crippen molar-refractivity contribution in [3.05, 3.63) is 65.2 Å². The van der Waals surface area contributed by atoms with Crippen molar-refractivity contribution in [2.45, 2.75) is 13.0 Å². The zero-order valence-electron chi connectivity index (χ0n) is 14.2. The van der Waals surface area contributed by atoms with Crippen LogP contribution in [-0.4, -0.2) is 26.1 Å². The Kier molecular flexibility index (Phi) is 4.84. The number of methoxy groups -OCH3 is 2. The van der Waals surface area contributed by atoms with E-state index in [4.69, 9.17) is 4.74 Å². The number of benzene rings is 2. The third kappa shape index (κ3) is 3.71. The lowest BCUT2D eigenvalue weighted by molar-refractivity contribution is -0.134. The predicted octanol–water partition coefficient (Wildman–Crippen LogP) is 2.97. The number of ether oxygens (including phenoxy) is 2. The van der Waals surface area contributed by atoms with Gasteiger partial charge in [-0.2, -0.15) is 0 Å². The quantitative estimate of drug-likeness (QED) is 0.622. The van der Waals surface area contributed by atoms with E-state index >= 15 is 0 Å². The largest absolute Gasteiger partial charge is 0.497 e. The van der Waals surface area contributed by atoms with E-state index in [1.807, 2.05) is 42.5 Å². The fourth-order valence-corrected chi connectivity index (χ4v) is 2.83. The summed E-state index contributed by atoms with van der Waals surface area (Å²) >= 11 is 0. The number of carbonyl (C=O) groups is 2. The number of hydrogen-bond donors (Lipinski definition) is 0. The molecule has 0 atom stereocenters. The minimum atomic E-state index is -0.405. The maximum Gasteiger partial charge on any atom is 0.330 e. The Labute approximate surface area is 146 Å². The summed E-state index contributed by atoms with van der Waals surface area (Å²) in [6.07, 6.45) is 3.42. The van der Waals surface area contributed by atoms with Gasteiger partial charge in [-0.3, -0.25) is 4.79 Å². The molecule has 5 heteroatoms. The first-order chi connectivity index (χ1) is 12.1. The van der Waals surface area contributed by atoms with Crippen molar-refractivity contribution in [2.75, 3.05) is 19.1 Å². The summed E-state index contributed by atoms with van der Waals surface area (Å²) < 4.78 is 9.74. The van der Waals surface area contributed by atoms with Gasteiger partial charge in [0.1, 0.15) is 5.75 Å². The average Bonchev–Trinajstić information content (AvgIpc) is 2.95. The molecule has 1 amide bonds. The number of rotatable bonds is 5.